The summed E-state index contributed by atoms with van der Waals surface area (Å²) in [5.74, 6) is -0.659. The quantitative estimate of drug-likeness (QED) is 0.888. The van der Waals surface area contributed by atoms with Crippen molar-refractivity contribution in [2.24, 2.45) is 0 Å². The number of furan rings is 1. The highest BCUT2D eigenvalue weighted by atomic mass is 35.5. The van der Waals surface area contributed by atoms with Crippen molar-refractivity contribution in [3.63, 3.8) is 0 Å². The average molecular weight is 254 g/mol. The zero-order valence-corrected chi connectivity index (χ0v) is 9.72. The van der Waals surface area contributed by atoms with Crippen molar-refractivity contribution in [2.45, 2.75) is 6.92 Å². The summed E-state index contributed by atoms with van der Waals surface area (Å²) in [6.45, 7) is 1.75. The summed E-state index contributed by atoms with van der Waals surface area (Å²) in [7, 11) is 0. The summed E-state index contributed by atoms with van der Waals surface area (Å²) in [5, 5.41) is 2.69. The molecule has 2 aromatic rings. The molecule has 1 aromatic heterocycles. The number of carbonyl (C=O) groups excluding carboxylic acids is 1. The van der Waals surface area contributed by atoms with Crippen molar-refractivity contribution in [1.82, 2.24) is 0 Å². The molecule has 2 rings (SSSR count). The first kappa shape index (κ1) is 11.7. The Morgan fingerprint density at radius 3 is 2.76 bits per heavy atom. The number of hydrogen-bond acceptors (Lipinski definition) is 2. The van der Waals surface area contributed by atoms with Crippen LogP contribution >= 0.6 is 11.6 Å². The van der Waals surface area contributed by atoms with E-state index in [1.807, 2.05) is 0 Å². The van der Waals surface area contributed by atoms with Crippen LogP contribution in [0.25, 0.3) is 0 Å². The Kier molecular flexibility index (Phi) is 3.15. The predicted molar refractivity (Wildman–Crippen MR) is 62.8 cm³/mol. The number of halogens is 2. The molecule has 88 valence electrons. The maximum atomic E-state index is 12.8. The first-order valence-electron chi connectivity index (χ1n) is 4.88. The number of rotatable bonds is 2. The number of anilines is 1. The van der Waals surface area contributed by atoms with Gasteiger partial charge in [-0.1, -0.05) is 11.6 Å². The SMILES string of the molecule is Cc1ccoc1C(=O)Nc1ccc(F)cc1Cl. The Hall–Kier alpha value is -1.81. The molecule has 0 aliphatic carbocycles. The molecule has 0 unspecified atom stereocenters. The largest absolute Gasteiger partial charge is 0.459 e. The van der Waals surface area contributed by atoms with Gasteiger partial charge >= 0.3 is 0 Å². The van der Waals surface area contributed by atoms with Gasteiger partial charge in [-0.25, -0.2) is 4.39 Å². The van der Waals surface area contributed by atoms with Gasteiger partial charge in [-0.3, -0.25) is 4.79 Å². The number of amides is 1. The molecule has 0 atom stereocenters. The van der Waals surface area contributed by atoms with Gasteiger partial charge in [0.1, 0.15) is 5.82 Å². The fraction of sp³-hybridized carbons (Fsp3) is 0.0833. The highest BCUT2D eigenvalue weighted by Gasteiger charge is 2.14. The number of hydrogen-bond donors (Lipinski definition) is 1. The van der Waals surface area contributed by atoms with E-state index in [4.69, 9.17) is 16.0 Å². The lowest BCUT2D eigenvalue weighted by Gasteiger charge is -2.05. The van der Waals surface area contributed by atoms with E-state index < -0.39 is 11.7 Å². The van der Waals surface area contributed by atoms with Crippen molar-refractivity contribution >= 4 is 23.2 Å². The van der Waals surface area contributed by atoms with E-state index in [9.17, 15) is 9.18 Å². The topological polar surface area (TPSA) is 42.2 Å². The van der Waals surface area contributed by atoms with Crippen LogP contribution in [-0.2, 0) is 0 Å². The lowest BCUT2D eigenvalue weighted by atomic mass is 10.2. The van der Waals surface area contributed by atoms with Crippen LogP contribution in [0.2, 0.25) is 5.02 Å². The van der Waals surface area contributed by atoms with Crippen molar-refractivity contribution in [2.75, 3.05) is 5.32 Å². The maximum Gasteiger partial charge on any atom is 0.291 e. The molecule has 0 aliphatic rings. The Morgan fingerprint density at radius 2 is 2.18 bits per heavy atom. The molecule has 0 spiro atoms. The first-order chi connectivity index (χ1) is 8.08. The first-order valence-corrected chi connectivity index (χ1v) is 5.26. The van der Waals surface area contributed by atoms with Gasteiger partial charge in [0.15, 0.2) is 5.76 Å². The van der Waals surface area contributed by atoms with Gasteiger partial charge in [-0.05, 0) is 31.2 Å². The normalized spacial score (nSPS) is 10.3. The van der Waals surface area contributed by atoms with E-state index >= 15 is 0 Å². The molecule has 0 aliphatic heterocycles. The minimum absolute atomic E-state index is 0.141. The summed E-state index contributed by atoms with van der Waals surface area (Å²) in [6.07, 6.45) is 1.43. The van der Waals surface area contributed by atoms with Crippen LogP contribution < -0.4 is 5.32 Å². The van der Waals surface area contributed by atoms with E-state index in [1.165, 1.54) is 18.4 Å². The summed E-state index contributed by atoms with van der Waals surface area (Å²) in [5.41, 5.74) is 1.06. The molecule has 1 aromatic carbocycles. The van der Waals surface area contributed by atoms with Crippen LogP contribution in [0.5, 0.6) is 0 Å². The molecule has 1 heterocycles. The minimum atomic E-state index is -0.456. The molecular formula is C12H9ClFNO2. The predicted octanol–water partition coefficient (Wildman–Crippen LogP) is 3.63. The van der Waals surface area contributed by atoms with E-state index in [2.05, 4.69) is 5.32 Å². The molecule has 0 bridgehead atoms. The van der Waals surface area contributed by atoms with Crippen molar-refractivity contribution in [3.8, 4) is 0 Å². The highest BCUT2D eigenvalue weighted by molar-refractivity contribution is 6.33. The zero-order chi connectivity index (χ0) is 12.4. The monoisotopic (exact) mass is 253 g/mol. The third-order valence-electron chi connectivity index (χ3n) is 2.25. The molecule has 1 amide bonds. The van der Waals surface area contributed by atoms with E-state index in [0.717, 1.165) is 11.6 Å². The molecule has 1 N–H and O–H groups in total. The number of aryl methyl sites for hydroxylation is 1. The Morgan fingerprint density at radius 1 is 1.41 bits per heavy atom. The Labute approximate surface area is 102 Å². The molecule has 5 heteroatoms. The molecule has 0 fully saturated rings. The average Bonchev–Trinajstić information content (AvgIpc) is 2.68. The molecule has 0 saturated carbocycles. The number of carbonyl (C=O) groups is 1. The zero-order valence-electron chi connectivity index (χ0n) is 8.96. The van der Waals surface area contributed by atoms with Gasteiger partial charge < -0.3 is 9.73 Å². The second-order valence-electron chi connectivity index (χ2n) is 3.51. The van der Waals surface area contributed by atoms with Crippen LogP contribution in [0.3, 0.4) is 0 Å². The lowest BCUT2D eigenvalue weighted by Crippen LogP contribution is -2.12. The van der Waals surface area contributed by atoms with Crippen LogP contribution in [0.15, 0.2) is 34.9 Å². The van der Waals surface area contributed by atoms with Crippen molar-refractivity contribution in [1.29, 1.82) is 0 Å². The van der Waals surface area contributed by atoms with Crippen molar-refractivity contribution in [3.05, 3.63) is 52.7 Å². The summed E-state index contributed by atoms with van der Waals surface area (Å²) in [6, 6.07) is 5.43. The lowest BCUT2D eigenvalue weighted by molar-refractivity contribution is 0.0996. The summed E-state index contributed by atoms with van der Waals surface area (Å²) < 4.78 is 17.8. The third-order valence-corrected chi connectivity index (χ3v) is 2.56. The van der Waals surface area contributed by atoms with Crippen LogP contribution in [0.4, 0.5) is 10.1 Å². The van der Waals surface area contributed by atoms with Crippen LogP contribution in [0, 0.1) is 12.7 Å². The van der Waals surface area contributed by atoms with Gasteiger partial charge in [-0.2, -0.15) is 0 Å². The molecule has 0 saturated heterocycles. The number of benzene rings is 1. The van der Waals surface area contributed by atoms with E-state index in [0.29, 0.717) is 5.69 Å². The molecule has 17 heavy (non-hydrogen) atoms. The second kappa shape index (κ2) is 4.59. The smallest absolute Gasteiger partial charge is 0.291 e. The van der Waals surface area contributed by atoms with Gasteiger partial charge in [0, 0.05) is 5.56 Å². The van der Waals surface area contributed by atoms with Gasteiger partial charge in [0.05, 0.1) is 17.0 Å². The minimum Gasteiger partial charge on any atom is -0.459 e. The molecular weight excluding hydrogens is 245 g/mol. The highest BCUT2D eigenvalue weighted by Crippen LogP contribution is 2.23. The van der Waals surface area contributed by atoms with Crippen LogP contribution in [-0.4, -0.2) is 5.91 Å². The Bertz CT molecular complexity index is 565. The molecule has 3 nitrogen and oxygen atoms in total. The van der Waals surface area contributed by atoms with E-state index in [1.54, 1.807) is 13.0 Å². The third kappa shape index (κ3) is 2.47. The van der Waals surface area contributed by atoms with Gasteiger partial charge in [0.2, 0.25) is 0 Å². The fourth-order valence-corrected chi connectivity index (χ4v) is 1.59. The second-order valence-corrected chi connectivity index (χ2v) is 3.92. The van der Waals surface area contributed by atoms with E-state index in [-0.39, 0.29) is 10.8 Å². The summed E-state index contributed by atoms with van der Waals surface area (Å²) in [4.78, 5) is 11.8. The number of nitrogens with one attached hydrogen (secondary N) is 1. The van der Waals surface area contributed by atoms with Crippen LogP contribution in [0.1, 0.15) is 16.1 Å². The maximum absolute atomic E-state index is 12.8. The molecule has 0 radical (unpaired) electrons. The summed E-state index contributed by atoms with van der Waals surface area (Å²) >= 11 is 5.79. The standard InChI is InChI=1S/C12H9ClFNO2/c1-7-4-5-17-11(7)12(16)15-10-3-2-8(14)6-9(10)13/h2-6H,1H3,(H,15,16). The van der Waals surface area contributed by atoms with Crippen molar-refractivity contribution < 1.29 is 13.6 Å². The fourth-order valence-electron chi connectivity index (χ4n) is 1.38. The Balaban J connectivity index is 2.22. The van der Waals surface area contributed by atoms with Gasteiger partial charge in [0.25, 0.3) is 5.91 Å². The van der Waals surface area contributed by atoms with Gasteiger partial charge in [-0.15, -0.1) is 0 Å².